The molecular formula is C20H19F3N2O4. The number of halogens is 3. The summed E-state index contributed by atoms with van der Waals surface area (Å²) in [6, 6.07) is 6.59. The van der Waals surface area contributed by atoms with Gasteiger partial charge < -0.3 is 14.8 Å². The van der Waals surface area contributed by atoms with Crippen molar-refractivity contribution in [2.45, 2.75) is 39.3 Å². The Bertz CT molecular complexity index is 926. The summed E-state index contributed by atoms with van der Waals surface area (Å²) in [5.74, 6) is -1.89. The number of alkyl halides is 3. The van der Waals surface area contributed by atoms with Crippen molar-refractivity contribution in [3.8, 4) is 6.07 Å². The second-order valence-electron chi connectivity index (χ2n) is 6.34. The summed E-state index contributed by atoms with van der Waals surface area (Å²) >= 11 is 0. The van der Waals surface area contributed by atoms with E-state index in [0.717, 1.165) is 6.07 Å². The van der Waals surface area contributed by atoms with E-state index in [2.05, 4.69) is 5.32 Å². The van der Waals surface area contributed by atoms with Crippen molar-refractivity contribution in [3.63, 3.8) is 0 Å². The molecule has 29 heavy (non-hydrogen) atoms. The topological polar surface area (TPSA) is 88.4 Å². The van der Waals surface area contributed by atoms with Crippen LogP contribution in [0, 0.1) is 11.3 Å². The quantitative estimate of drug-likeness (QED) is 0.568. The van der Waals surface area contributed by atoms with Crippen LogP contribution in [0.15, 0.2) is 47.0 Å². The normalized spacial score (nSPS) is 16.8. The number of nitrogens with one attached hydrogen (secondary N) is 1. The molecule has 154 valence electrons. The lowest BCUT2D eigenvalue weighted by Gasteiger charge is -2.31. The number of ketones is 1. The summed E-state index contributed by atoms with van der Waals surface area (Å²) < 4.78 is 50.9. The summed E-state index contributed by atoms with van der Waals surface area (Å²) in [5, 5.41) is 11.4. The number of hydrogen-bond acceptors (Lipinski definition) is 6. The first kappa shape index (κ1) is 22.0. The number of hydrogen-bond donors (Lipinski definition) is 1. The lowest BCUT2D eigenvalue weighted by molar-refractivity contribution is -0.138. The molecule has 9 heteroatoms. The third-order valence-corrected chi connectivity index (χ3v) is 4.28. The molecule has 1 unspecified atom stereocenters. The standard InChI is InChI=1S/C20H19F3N2O4/c1-11-16(13(3)26)17(14-7-4-5-8-15(14)20(21,22)23)18(12(2)25-11)29-19(27)28-10-6-9-24/h4-5,7-8,17,25H,6,10H2,1-3H3. The Morgan fingerprint density at radius 3 is 2.45 bits per heavy atom. The van der Waals surface area contributed by atoms with E-state index in [1.165, 1.54) is 32.0 Å². The van der Waals surface area contributed by atoms with Crippen molar-refractivity contribution in [2.75, 3.05) is 6.61 Å². The number of carbonyl (C=O) groups excluding carboxylic acids is 2. The molecule has 0 spiro atoms. The molecule has 1 aromatic carbocycles. The second kappa shape index (κ2) is 8.82. The van der Waals surface area contributed by atoms with Crippen molar-refractivity contribution in [2.24, 2.45) is 0 Å². The molecule has 1 aliphatic rings. The van der Waals surface area contributed by atoms with Crippen LogP contribution in [0.1, 0.15) is 44.2 Å². The zero-order valence-electron chi connectivity index (χ0n) is 16.0. The molecule has 0 aliphatic carbocycles. The molecule has 0 fully saturated rings. The number of carbonyl (C=O) groups is 2. The molecule has 0 saturated carbocycles. The molecule has 0 aromatic heterocycles. The fourth-order valence-electron chi connectivity index (χ4n) is 3.18. The number of Topliss-reactive ketones (excluding diaryl/α,β-unsaturated/α-hetero) is 1. The van der Waals surface area contributed by atoms with E-state index in [0.29, 0.717) is 5.70 Å². The summed E-state index contributed by atoms with van der Waals surface area (Å²) in [6.45, 7) is 4.08. The van der Waals surface area contributed by atoms with Gasteiger partial charge >= 0.3 is 12.3 Å². The highest BCUT2D eigenvalue weighted by Crippen LogP contribution is 2.44. The SMILES string of the molecule is CC(=O)C1=C(C)NC(C)=C(OC(=O)OCCC#N)C1c1ccccc1C(F)(F)F. The van der Waals surface area contributed by atoms with Gasteiger partial charge in [-0.1, -0.05) is 18.2 Å². The molecule has 6 nitrogen and oxygen atoms in total. The van der Waals surface area contributed by atoms with Crippen LogP contribution in [0.25, 0.3) is 0 Å². The van der Waals surface area contributed by atoms with E-state index in [1.807, 2.05) is 0 Å². The zero-order chi connectivity index (χ0) is 21.8. The van der Waals surface area contributed by atoms with Gasteiger partial charge in [0.05, 0.1) is 29.7 Å². The van der Waals surface area contributed by atoms with Gasteiger partial charge in [-0.15, -0.1) is 0 Å². The lowest BCUT2D eigenvalue weighted by Crippen LogP contribution is -2.30. The van der Waals surface area contributed by atoms with Crippen molar-refractivity contribution < 1.29 is 32.2 Å². The molecule has 1 atom stereocenters. The third kappa shape index (κ3) is 4.96. The Hall–Kier alpha value is -3.28. The molecule has 0 bridgehead atoms. The highest BCUT2D eigenvalue weighted by Gasteiger charge is 2.41. The minimum atomic E-state index is -4.68. The molecule has 0 amide bonds. The van der Waals surface area contributed by atoms with Crippen molar-refractivity contribution >= 4 is 11.9 Å². The average Bonchev–Trinajstić information content (AvgIpc) is 2.62. The van der Waals surface area contributed by atoms with Crippen LogP contribution in [-0.2, 0) is 20.4 Å². The first-order valence-electron chi connectivity index (χ1n) is 8.65. The van der Waals surface area contributed by atoms with E-state index < -0.39 is 29.6 Å². The van der Waals surface area contributed by atoms with Gasteiger partial charge in [0.15, 0.2) is 5.78 Å². The van der Waals surface area contributed by atoms with E-state index in [-0.39, 0.29) is 35.6 Å². The van der Waals surface area contributed by atoms with E-state index in [1.54, 1.807) is 13.0 Å². The molecule has 2 rings (SSSR count). The van der Waals surface area contributed by atoms with Gasteiger partial charge in [0.25, 0.3) is 0 Å². The van der Waals surface area contributed by atoms with Crippen LogP contribution in [0.3, 0.4) is 0 Å². The van der Waals surface area contributed by atoms with E-state index >= 15 is 0 Å². The summed E-state index contributed by atoms with van der Waals surface area (Å²) in [4.78, 5) is 24.3. The van der Waals surface area contributed by atoms with Crippen LogP contribution >= 0.6 is 0 Å². The molecule has 1 aromatic rings. The van der Waals surface area contributed by atoms with Crippen molar-refractivity contribution in [1.29, 1.82) is 5.26 Å². The second-order valence-corrected chi connectivity index (χ2v) is 6.34. The smallest absolute Gasteiger partial charge is 0.433 e. The molecule has 1 heterocycles. The van der Waals surface area contributed by atoms with Gasteiger partial charge in [0.1, 0.15) is 12.4 Å². The maximum atomic E-state index is 13.6. The molecule has 1 N–H and O–H groups in total. The Kier molecular flexibility index (Phi) is 6.69. The van der Waals surface area contributed by atoms with Gasteiger partial charge in [0, 0.05) is 11.3 Å². The Balaban J connectivity index is 2.58. The molecule has 1 aliphatic heterocycles. The zero-order valence-corrected chi connectivity index (χ0v) is 16.0. The van der Waals surface area contributed by atoms with Gasteiger partial charge in [-0.3, -0.25) is 4.79 Å². The van der Waals surface area contributed by atoms with E-state index in [4.69, 9.17) is 14.7 Å². The highest BCUT2D eigenvalue weighted by atomic mass is 19.4. The van der Waals surface area contributed by atoms with Crippen LogP contribution in [0.2, 0.25) is 0 Å². The Morgan fingerprint density at radius 1 is 1.21 bits per heavy atom. The van der Waals surface area contributed by atoms with Gasteiger partial charge in [-0.05, 0) is 32.4 Å². The summed E-state index contributed by atoms with van der Waals surface area (Å²) in [6.07, 6.45) is -5.92. The van der Waals surface area contributed by atoms with Gasteiger partial charge in [-0.2, -0.15) is 18.4 Å². The van der Waals surface area contributed by atoms with Crippen LogP contribution < -0.4 is 5.32 Å². The predicted molar refractivity (Wildman–Crippen MR) is 96.1 cm³/mol. The molecule has 0 saturated heterocycles. The predicted octanol–water partition coefficient (Wildman–Crippen LogP) is 4.55. The largest absolute Gasteiger partial charge is 0.513 e. The van der Waals surface area contributed by atoms with Crippen LogP contribution in [-0.4, -0.2) is 18.5 Å². The van der Waals surface area contributed by atoms with E-state index in [9.17, 15) is 22.8 Å². The number of ether oxygens (including phenoxy) is 2. The maximum Gasteiger partial charge on any atom is 0.513 e. The van der Waals surface area contributed by atoms with Crippen molar-refractivity contribution in [3.05, 3.63) is 58.1 Å². The minimum Gasteiger partial charge on any atom is -0.433 e. The minimum absolute atomic E-state index is 0.0483. The van der Waals surface area contributed by atoms with Crippen LogP contribution in [0.4, 0.5) is 18.0 Å². The van der Waals surface area contributed by atoms with Crippen molar-refractivity contribution in [1.82, 2.24) is 5.32 Å². The first-order chi connectivity index (χ1) is 13.6. The lowest BCUT2D eigenvalue weighted by atomic mass is 9.81. The third-order valence-electron chi connectivity index (χ3n) is 4.28. The monoisotopic (exact) mass is 408 g/mol. The average molecular weight is 408 g/mol. The number of dihydropyridines is 1. The number of benzene rings is 1. The fourth-order valence-corrected chi connectivity index (χ4v) is 3.18. The Morgan fingerprint density at radius 2 is 1.86 bits per heavy atom. The maximum absolute atomic E-state index is 13.6. The first-order valence-corrected chi connectivity index (χ1v) is 8.65. The summed E-state index contributed by atoms with van der Waals surface area (Å²) in [5.41, 5.74) is -0.476. The molecule has 0 radical (unpaired) electrons. The highest BCUT2D eigenvalue weighted by molar-refractivity contribution is 5.97. The van der Waals surface area contributed by atoms with Gasteiger partial charge in [0.2, 0.25) is 0 Å². The number of nitriles is 1. The summed E-state index contributed by atoms with van der Waals surface area (Å²) in [7, 11) is 0. The number of nitrogens with zero attached hydrogens (tertiary/aromatic N) is 1. The molecular weight excluding hydrogens is 389 g/mol. The number of allylic oxidation sites excluding steroid dienone is 3. The van der Waals surface area contributed by atoms with Gasteiger partial charge in [-0.25, -0.2) is 4.79 Å². The number of rotatable bonds is 5. The van der Waals surface area contributed by atoms with Crippen LogP contribution in [0.5, 0.6) is 0 Å². The fraction of sp³-hybridized carbons (Fsp3) is 0.350. The Labute approximate surface area is 165 Å².